The lowest BCUT2D eigenvalue weighted by Gasteiger charge is -2.10. The lowest BCUT2D eigenvalue weighted by atomic mass is 10.1. The molecule has 2 aromatic rings. The van der Waals surface area contributed by atoms with Crippen LogP contribution in [-0.2, 0) is 0 Å². The Labute approximate surface area is 132 Å². The normalized spacial score (nSPS) is 17.1. The van der Waals surface area contributed by atoms with Crippen molar-refractivity contribution < 1.29 is 0 Å². The minimum absolute atomic E-state index is 0.339. The summed E-state index contributed by atoms with van der Waals surface area (Å²) in [5, 5.41) is 13.8. The van der Waals surface area contributed by atoms with Crippen molar-refractivity contribution in [3.63, 3.8) is 0 Å². The van der Waals surface area contributed by atoms with E-state index in [-0.39, 0.29) is 0 Å². The highest BCUT2D eigenvalue weighted by Gasteiger charge is 2.21. The fourth-order valence-corrected chi connectivity index (χ4v) is 3.34. The zero-order chi connectivity index (χ0) is 14.7. The molecule has 21 heavy (non-hydrogen) atoms. The van der Waals surface area contributed by atoms with E-state index >= 15 is 0 Å². The average molecular weight is 314 g/mol. The van der Waals surface area contributed by atoms with Gasteiger partial charge in [0.25, 0.3) is 0 Å². The Bertz CT molecular complexity index is 722. The van der Waals surface area contributed by atoms with Crippen LogP contribution in [0.2, 0.25) is 5.02 Å². The summed E-state index contributed by atoms with van der Waals surface area (Å²) < 4.78 is 0. The fraction of sp³-hybridized carbons (Fsp3) is 0.125. The Kier molecular flexibility index (Phi) is 4.14. The topological polar surface area (TPSA) is 48.2 Å². The molecule has 0 spiro atoms. The summed E-state index contributed by atoms with van der Waals surface area (Å²) in [5.74, 6) is 0. The van der Waals surface area contributed by atoms with Crippen LogP contribution in [0.4, 0.5) is 5.69 Å². The monoisotopic (exact) mass is 313 g/mol. The van der Waals surface area contributed by atoms with Gasteiger partial charge in [-0.25, -0.2) is 0 Å². The minimum atomic E-state index is 0.339. The van der Waals surface area contributed by atoms with Crippen LogP contribution in [0.3, 0.4) is 0 Å². The molecule has 1 aliphatic heterocycles. The molecular formula is C16H12ClN3S. The fourth-order valence-electron chi connectivity index (χ4n) is 2.09. The molecule has 0 aliphatic carbocycles. The molecule has 0 bridgehead atoms. The summed E-state index contributed by atoms with van der Waals surface area (Å²) >= 11 is 7.85. The summed E-state index contributed by atoms with van der Waals surface area (Å²) in [6.07, 6.45) is 0. The zero-order valence-electron chi connectivity index (χ0n) is 11.1. The van der Waals surface area contributed by atoms with Crippen LogP contribution < -0.4 is 5.32 Å². The van der Waals surface area contributed by atoms with E-state index in [0.29, 0.717) is 15.8 Å². The highest BCUT2D eigenvalue weighted by molar-refractivity contribution is 8.14. The first-order valence-electron chi connectivity index (χ1n) is 6.49. The number of hydrogen-bond acceptors (Lipinski definition) is 4. The number of benzene rings is 2. The molecule has 1 unspecified atom stereocenters. The molecule has 0 amide bonds. The number of nitriles is 1. The van der Waals surface area contributed by atoms with Gasteiger partial charge < -0.3 is 5.32 Å². The second kappa shape index (κ2) is 6.21. The molecule has 2 aromatic carbocycles. The van der Waals surface area contributed by atoms with Gasteiger partial charge in [-0.2, -0.15) is 5.26 Å². The van der Waals surface area contributed by atoms with Crippen LogP contribution >= 0.6 is 23.4 Å². The highest BCUT2D eigenvalue weighted by Crippen LogP contribution is 2.36. The molecule has 0 aromatic heterocycles. The summed E-state index contributed by atoms with van der Waals surface area (Å²) in [4.78, 5) is 4.52. The number of nitrogens with one attached hydrogen (secondary N) is 1. The molecule has 5 heteroatoms. The lowest BCUT2D eigenvalue weighted by molar-refractivity contribution is 0.966. The molecule has 0 saturated heterocycles. The average Bonchev–Trinajstić information content (AvgIpc) is 2.99. The van der Waals surface area contributed by atoms with Crippen molar-refractivity contribution in [2.75, 3.05) is 11.9 Å². The van der Waals surface area contributed by atoms with Crippen molar-refractivity contribution in [3.05, 3.63) is 64.7 Å². The van der Waals surface area contributed by atoms with Crippen molar-refractivity contribution in [1.29, 1.82) is 5.26 Å². The van der Waals surface area contributed by atoms with E-state index in [0.717, 1.165) is 17.4 Å². The largest absolute Gasteiger partial charge is 0.334 e. The van der Waals surface area contributed by atoms with E-state index in [1.165, 1.54) is 5.56 Å². The van der Waals surface area contributed by atoms with Crippen molar-refractivity contribution in [1.82, 2.24) is 0 Å². The van der Waals surface area contributed by atoms with E-state index in [1.807, 2.05) is 18.2 Å². The van der Waals surface area contributed by atoms with Crippen LogP contribution in [0.1, 0.15) is 16.4 Å². The number of thioether (sulfide) groups is 1. The van der Waals surface area contributed by atoms with Crippen molar-refractivity contribution in [2.24, 2.45) is 4.99 Å². The Hall–Kier alpha value is -1.96. The van der Waals surface area contributed by atoms with Gasteiger partial charge in [0.1, 0.15) is 0 Å². The smallest absolute Gasteiger partial charge is 0.161 e. The predicted octanol–water partition coefficient (Wildman–Crippen LogP) is 4.47. The maximum absolute atomic E-state index is 8.84. The van der Waals surface area contributed by atoms with E-state index in [4.69, 9.17) is 16.9 Å². The Morgan fingerprint density at radius 2 is 2.05 bits per heavy atom. The Morgan fingerprint density at radius 3 is 2.76 bits per heavy atom. The second-order valence-electron chi connectivity index (χ2n) is 4.59. The minimum Gasteiger partial charge on any atom is -0.334 e. The number of halogens is 1. The van der Waals surface area contributed by atoms with Gasteiger partial charge in [0, 0.05) is 0 Å². The van der Waals surface area contributed by atoms with Crippen molar-refractivity contribution in [2.45, 2.75) is 5.25 Å². The molecule has 0 fully saturated rings. The quantitative estimate of drug-likeness (QED) is 0.890. The third-order valence-electron chi connectivity index (χ3n) is 3.17. The summed E-state index contributed by atoms with van der Waals surface area (Å²) in [5.41, 5.74) is 2.60. The highest BCUT2D eigenvalue weighted by atomic mass is 35.5. The third-order valence-corrected chi connectivity index (χ3v) is 4.64. The number of rotatable bonds is 2. The number of amidine groups is 1. The Morgan fingerprint density at radius 1 is 1.24 bits per heavy atom. The molecular weight excluding hydrogens is 302 g/mol. The van der Waals surface area contributed by atoms with Gasteiger partial charge >= 0.3 is 0 Å². The summed E-state index contributed by atoms with van der Waals surface area (Å²) in [6.45, 7) is 0.755. The van der Waals surface area contributed by atoms with Gasteiger partial charge in [-0.15, -0.1) is 0 Å². The van der Waals surface area contributed by atoms with Gasteiger partial charge in [-0.1, -0.05) is 53.7 Å². The maximum Gasteiger partial charge on any atom is 0.161 e. The number of aliphatic imine (C=N–C) groups is 1. The molecule has 0 saturated carbocycles. The first kappa shape index (κ1) is 14.0. The standard InChI is InChI=1S/C16H12ClN3S/c17-13-8-11(9-18)6-7-14(13)20-16-19-10-15(21-16)12-4-2-1-3-5-12/h1-8,15H,10H2,(H,19,20). The molecule has 3 rings (SSSR count). The number of hydrogen-bond donors (Lipinski definition) is 1. The van der Waals surface area contributed by atoms with Gasteiger partial charge in [0.05, 0.1) is 34.1 Å². The molecule has 1 aliphatic rings. The Balaban J connectivity index is 1.69. The van der Waals surface area contributed by atoms with Crippen LogP contribution in [0.5, 0.6) is 0 Å². The van der Waals surface area contributed by atoms with Crippen LogP contribution in [0.25, 0.3) is 0 Å². The molecule has 1 heterocycles. The number of nitrogens with zero attached hydrogens (tertiary/aromatic N) is 2. The summed E-state index contributed by atoms with van der Waals surface area (Å²) in [6, 6.07) is 17.6. The van der Waals surface area contributed by atoms with Gasteiger partial charge in [-0.3, -0.25) is 4.99 Å². The molecule has 0 radical (unpaired) electrons. The second-order valence-corrected chi connectivity index (χ2v) is 6.19. The first-order chi connectivity index (χ1) is 10.3. The molecule has 3 nitrogen and oxygen atoms in total. The first-order valence-corrected chi connectivity index (χ1v) is 7.75. The van der Waals surface area contributed by atoms with Crippen LogP contribution in [0, 0.1) is 11.3 Å². The third kappa shape index (κ3) is 3.21. The van der Waals surface area contributed by atoms with Gasteiger partial charge in [-0.05, 0) is 23.8 Å². The van der Waals surface area contributed by atoms with Crippen LogP contribution in [0.15, 0.2) is 53.5 Å². The van der Waals surface area contributed by atoms with Crippen LogP contribution in [-0.4, -0.2) is 11.7 Å². The molecule has 104 valence electrons. The van der Waals surface area contributed by atoms with Gasteiger partial charge in [0.15, 0.2) is 5.17 Å². The van der Waals surface area contributed by atoms with E-state index in [1.54, 1.807) is 30.0 Å². The van der Waals surface area contributed by atoms with Gasteiger partial charge in [0.2, 0.25) is 0 Å². The maximum atomic E-state index is 8.84. The lowest BCUT2D eigenvalue weighted by Crippen LogP contribution is -2.05. The molecule has 1 atom stereocenters. The van der Waals surface area contributed by atoms with Crippen molar-refractivity contribution >= 4 is 34.2 Å². The van der Waals surface area contributed by atoms with E-state index in [2.05, 4.69) is 28.5 Å². The predicted molar refractivity (Wildman–Crippen MR) is 88.9 cm³/mol. The van der Waals surface area contributed by atoms with Crippen molar-refractivity contribution in [3.8, 4) is 6.07 Å². The van der Waals surface area contributed by atoms with E-state index in [9.17, 15) is 0 Å². The van der Waals surface area contributed by atoms with E-state index < -0.39 is 0 Å². The summed E-state index contributed by atoms with van der Waals surface area (Å²) in [7, 11) is 0. The zero-order valence-corrected chi connectivity index (χ0v) is 12.7. The molecule has 1 N–H and O–H groups in total. The SMILES string of the molecule is N#Cc1ccc(NC2=NCC(c3ccccc3)S2)c(Cl)c1. The number of anilines is 1.